The number of nitrogens with zero attached hydrogens (tertiary/aromatic N) is 1. The molecular formula is C18H24FIN4OS. The first kappa shape index (κ1) is 22.4. The summed E-state index contributed by atoms with van der Waals surface area (Å²) in [6, 6.07) is 8.00. The van der Waals surface area contributed by atoms with E-state index in [2.05, 4.69) is 26.3 Å². The molecule has 26 heavy (non-hydrogen) atoms. The van der Waals surface area contributed by atoms with E-state index in [-0.39, 0.29) is 42.1 Å². The quantitative estimate of drug-likeness (QED) is 0.231. The van der Waals surface area contributed by atoms with Crippen LogP contribution in [0.3, 0.4) is 0 Å². The molecule has 2 aromatic rings. The summed E-state index contributed by atoms with van der Waals surface area (Å²) in [5, 5.41) is 13.3. The Balaban J connectivity index is 0.00000338. The molecule has 5 nitrogen and oxygen atoms in total. The molecule has 0 saturated carbocycles. The summed E-state index contributed by atoms with van der Waals surface area (Å²) in [7, 11) is 0. The predicted molar refractivity (Wildman–Crippen MR) is 116 cm³/mol. The van der Waals surface area contributed by atoms with E-state index < -0.39 is 0 Å². The summed E-state index contributed by atoms with van der Waals surface area (Å²) in [6.07, 6.45) is 0.243. The number of nitrogens with one attached hydrogen (secondary N) is 3. The lowest BCUT2D eigenvalue weighted by molar-refractivity contribution is -0.120. The number of carbonyl (C=O) groups excluding carboxylic acids is 1. The second kappa shape index (κ2) is 12.6. The third-order valence-corrected chi connectivity index (χ3v) is 4.09. The first-order valence-corrected chi connectivity index (χ1v) is 9.16. The van der Waals surface area contributed by atoms with Gasteiger partial charge in [0, 0.05) is 19.6 Å². The molecule has 0 fully saturated rings. The van der Waals surface area contributed by atoms with E-state index in [0.29, 0.717) is 19.6 Å². The van der Waals surface area contributed by atoms with Crippen molar-refractivity contribution in [2.75, 3.05) is 19.6 Å². The number of carbonyl (C=O) groups is 1. The number of guanidine groups is 1. The highest BCUT2D eigenvalue weighted by atomic mass is 127. The first-order valence-electron chi connectivity index (χ1n) is 8.21. The fourth-order valence-corrected chi connectivity index (χ4v) is 2.79. The molecule has 1 aromatic carbocycles. The average molecular weight is 490 g/mol. The highest BCUT2D eigenvalue weighted by Gasteiger charge is 2.03. The lowest BCUT2D eigenvalue weighted by Crippen LogP contribution is -2.41. The van der Waals surface area contributed by atoms with E-state index >= 15 is 0 Å². The number of rotatable bonds is 8. The van der Waals surface area contributed by atoms with Crippen LogP contribution in [0.25, 0.3) is 0 Å². The van der Waals surface area contributed by atoms with Gasteiger partial charge in [0.1, 0.15) is 5.82 Å². The molecule has 8 heteroatoms. The van der Waals surface area contributed by atoms with Gasteiger partial charge in [-0.25, -0.2) is 9.38 Å². The Labute approximate surface area is 174 Å². The molecule has 1 amide bonds. The normalized spacial score (nSPS) is 10.8. The van der Waals surface area contributed by atoms with Crippen LogP contribution in [0.4, 0.5) is 4.39 Å². The molecule has 1 heterocycles. The third-order valence-electron chi connectivity index (χ3n) is 3.36. The largest absolute Gasteiger partial charge is 0.357 e. The number of aliphatic imine (C=N–C) groups is 1. The second-order valence-corrected chi connectivity index (χ2v) is 6.19. The highest BCUT2D eigenvalue weighted by Crippen LogP contribution is 2.06. The molecule has 0 unspecified atom stereocenters. The SMILES string of the molecule is CCNC(=NCc1ccsc1)NCCNC(=O)Cc1ccc(F)cc1.I. The number of hydrogen-bond acceptors (Lipinski definition) is 3. The summed E-state index contributed by atoms with van der Waals surface area (Å²) in [4.78, 5) is 16.4. The van der Waals surface area contributed by atoms with Crippen molar-refractivity contribution in [3.05, 3.63) is 58.0 Å². The smallest absolute Gasteiger partial charge is 0.224 e. The molecule has 1 aromatic heterocycles. The van der Waals surface area contributed by atoms with E-state index in [1.54, 1.807) is 23.5 Å². The standard InChI is InChI=1S/C18H23FN4OS.HI/c1-2-20-18(23-12-15-7-10-25-13-15)22-9-8-21-17(24)11-14-3-5-16(19)6-4-14;/h3-7,10,13H,2,8-9,11-12H2,1H3,(H,21,24)(H2,20,22,23);1H. The maximum Gasteiger partial charge on any atom is 0.224 e. The maximum absolute atomic E-state index is 12.8. The summed E-state index contributed by atoms with van der Waals surface area (Å²) in [5.74, 6) is 0.334. The number of hydrogen-bond donors (Lipinski definition) is 3. The van der Waals surface area contributed by atoms with Crippen LogP contribution >= 0.6 is 35.3 Å². The van der Waals surface area contributed by atoms with Crippen molar-refractivity contribution >= 4 is 47.2 Å². The summed E-state index contributed by atoms with van der Waals surface area (Å²) in [5.41, 5.74) is 1.97. The van der Waals surface area contributed by atoms with Crippen molar-refractivity contribution in [3.63, 3.8) is 0 Å². The van der Waals surface area contributed by atoms with Crippen molar-refractivity contribution in [2.24, 2.45) is 4.99 Å². The zero-order valence-electron chi connectivity index (χ0n) is 14.6. The molecule has 0 aliphatic heterocycles. The highest BCUT2D eigenvalue weighted by molar-refractivity contribution is 14.0. The van der Waals surface area contributed by atoms with Gasteiger partial charge in [0.25, 0.3) is 0 Å². The summed E-state index contributed by atoms with van der Waals surface area (Å²) >= 11 is 1.65. The van der Waals surface area contributed by atoms with Crippen LogP contribution in [0.15, 0.2) is 46.1 Å². The molecule has 0 saturated heterocycles. The Morgan fingerprint density at radius 2 is 1.81 bits per heavy atom. The van der Waals surface area contributed by atoms with Crippen LogP contribution in [0.2, 0.25) is 0 Å². The van der Waals surface area contributed by atoms with Crippen LogP contribution in [0.5, 0.6) is 0 Å². The maximum atomic E-state index is 12.8. The molecule has 0 radical (unpaired) electrons. The van der Waals surface area contributed by atoms with Crippen LogP contribution in [-0.2, 0) is 17.8 Å². The molecule has 0 bridgehead atoms. The van der Waals surface area contributed by atoms with Gasteiger partial charge in [-0.2, -0.15) is 11.3 Å². The lowest BCUT2D eigenvalue weighted by Gasteiger charge is -2.11. The van der Waals surface area contributed by atoms with Crippen molar-refractivity contribution in [1.82, 2.24) is 16.0 Å². The van der Waals surface area contributed by atoms with Crippen LogP contribution in [0.1, 0.15) is 18.1 Å². The Kier molecular flexibility index (Phi) is 10.9. The summed E-state index contributed by atoms with van der Waals surface area (Å²) in [6.45, 7) is 4.46. The molecular weight excluding hydrogens is 466 g/mol. The van der Waals surface area contributed by atoms with Gasteiger partial charge in [0.2, 0.25) is 5.91 Å². The second-order valence-electron chi connectivity index (χ2n) is 5.41. The van der Waals surface area contributed by atoms with E-state index in [4.69, 9.17) is 0 Å². The minimum absolute atomic E-state index is 0. The third kappa shape index (κ3) is 8.61. The van der Waals surface area contributed by atoms with Gasteiger partial charge in [0.15, 0.2) is 5.96 Å². The molecule has 142 valence electrons. The number of amides is 1. The topological polar surface area (TPSA) is 65.5 Å². The zero-order chi connectivity index (χ0) is 17.9. The predicted octanol–water partition coefficient (Wildman–Crippen LogP) is 2.92. The van der Waals surface area contributed by atoms with Crippen molar-refractivity contribution < 1.29 is 9.18 Å². The fourth-order valence-electron chi connectivity index (χ4n) is 2.13. The van der Waals surface area contributed by atoms with E-state index in [0.717, 1.165) is 18.1 Å². The molecule has 2 rings (SSSR count). The minimum atomic E-state index is -0.300. The van der Waals surface area contributed by atoms with Crippen LogP contribution in [-0.4, -0.2) is 31.5 Å². The van der Waals surface area contributed by atoms with Crippen LogP contribution in [0, 0.1) is 5.82 Å². The average Bonchev–Trinajstić information content (AvgIpc) is 3.12. The number of halogens is 2. The van der Waals surface area contributed by atoms with E-state index in [1.165, 1.54) is 17.7 Å². The van der Waals surface area contributed by atoms with Crippen molar-refractivity contribution in [3.8, 4) is 0 Å². The fraction of sp³-hybridized carbons (Fsp3) is 0.333. The van der Waals surface area contributed by atoms with Crippen molar-refractivity contribution in [1.29, 1.82) is 0 Å². The molecule has 0 spiro atoms. The molecule has 0 aliphatic rings. The molecule has 0 atom stereocenters. The lowest BCUT2D eigenvalue weighted by atomic mass is 10.1. The van der Waals surface area contributed by atoms with E-state index in [9.17, 15) is 9.18 Å². The molecule has 3 N–H and O–H groups in total. The molecule has 0 aliphatic carbocycles. The Morgan fingerprint density at radius 3 is 2.46 bits per heavy atom. The van der Waals surface area contributed by atoms with Gasteiger partial charge >= 0.3 is 0 Å². The van der Waals surface area contributed by atoms with Gasteiger partial charge in [-0.3, -0.25) is 4.79 Å². The van der Waals surface area contributed by atoms with Crippen LogP contribution < -0.4 is 16.0 Å². The zero-order valence-corrected chi connectivity index (χ0v) is 17.8. The number of thiophene rings is 1. The minimum Gasteiger partial charge on any atom is -0.357 e. The first-order chi connectivity index (χ1) is 12.2. The van der Waals surface area contributed by atoms with Gasteiger partial charge in [0.05, 0.1) is 13.0 Å². The Bertz CT molecular complexity index is 677. The van der Waals surface area contributed by atoms with Gasteiger partial charge in [-0.05, 0) is 47.0 Å². The van der Waals surface area contributed by atoms with Gasteiger partial charge < -0.3 is 16.0 Å². The van der Waals surface area contributed by atoms with E-state index in [1.807, 2.05) is 18.4 Å². The summed E-state index contributed by atoms with van der Waals surface area (Å²) < 4.78 is 12.8. The van der Waals surface area contributed by atoms with Gasteiger partial charge in [-0.15, -0.1) is 24.0 Å². The van der Waals surface area contributed by atoms with Crippen molar-refractivity contribution in [2.45, 2.75) is 19.9 Å². The Hall–Kier alpha value is -1.68. The monoisotopic (exact) mass is 490 g/mol. The number of benzene rings is 1. The Morgan fingerprint density at radius 1 is 1.08 bits per heavy atom. The van der Waals surface area contributed by atoms with Gasteiger partial charge in [-0.1, -0.05) is 12.1 Å².